The predicted octanol–water partition coefficient (Wildman–Crippen LogP) is 3.63. The molecule has 3 aromatic rings. The quantitative estimate of drug-likeness (QED) is 0.568. The van der Waals surface area contributed by atoms with Gasteiger partial charge in [0, 0.05) is 5.39 Å². The van der Waals surface area contributed by atoms with Crippen molar-refractivity contribution in [3.63, 3.8) is 0 Å². The van der Waals surface area contributed by atoms with E-state index in [2.05, 4.69) is 5.43 Å². The number of rotatable bonds is 4. The third kappa shape index (κ3) is 2.68. The van der Waals surface area contributed by atoms with E-state index >= 15 is 0 Å². The van der Waals surface area contributed by atoms with E-state index in [1.165, 1.54) is 6.07 Å². The lowest BCUT2D eigenvalue weighted by Gasteiger charge is -2.13. The van der Waals surface area contributed by atoms with Crippen LogP contribution in [0.5, 0.6) is 0 Å². The molecule has 0 aliphatic rings. The summed E-state index contributed by atoms with van der Waals surface area (Å²) in [5, 5.41) is 1.03. The molecule has 0 bridgehead atoms. The highest BCUT2D eigenvalue weighted by atomic mass is 19.1. The number of benzene rings is 2. The second kappa shape index (κ2) is 5.68. The summed E-state index contributed by atoms with van der Waals surface area (Å²) >= 11 is 0. The van der Waals surface area contributed by atoms with E-state index in [1.54, 1.807) is 12.1 Å². The molecule has 4 heteroatoms. The van der Waals surface area contributed by atoms with Crippen LogP contribution in [-0.4, -0.2) is 0 Å². The molecule has 3 N–H and O–H groups in total. The maximum absolute atomic E-state index is 13.8. The van der Waals surface area contributed by atoms with E-state index in [0.717, 1.165) is 16.5 Å². The van der Waals surface area contributed by atoms with Gasteiger partial charge in [-0.05, 0) is 36.6 Å². The molecule has 3 rings (SSSR count). The maximum Gasteiger partial charge on any atom is 0.137 e. The zero-order valence-corrected chi connectivity index (χ0v) is 11.8. The molecule has 0 spiro atoms. The van der Waals surface area contributed by atoms with E-state index in [0.29, 0.717) is 17.7 Å². The Morgan fingerprint density at radius 2 is 2.00 bits per heavy atom. The van der Waals surface area contributed by atoms with Gasteiger partial charge in [-0.25, -0.2) is 9.82 Å². The molecule has 1 atom stereocenters. The van der Waals surface area contributed by atoms with Gasteiger partial charge in [0.25, 0.3) is 0 Å². The van der Waals surface area contributed by atoms with Crippen LogP contribution in [0.1, 0.15) is 22.9 Å². The normalized spacial score (nSPS) is 12.7. The van der Waals surface area contributed by atoms with Crippen LogP contribution in [-0.2, 0) is 6.42 Å². The summed E-state index contributed by atoms with van der Waals surface area (Å²) < 4.78 is 19.7. The lowest BCUT2D eigenvalue weighted by atomic mass is 10.0. The van der Waals surface area contributed by atoms with Gasteiger partial charge in [0.1, 0.15) is 17.2 Å². The number of nitrogens with two attached hydrogens (primary N) is 1. The Hall–Kier alpha value is -2.17. The topological polar surface area (TPSA) is 51.2 Å². The Morgan fingerprint density at radius 3 is 2.71 bits per heavy atom. The number of hydrogen-bond acceptors (Lipinski definition) is 3. The number of hydrogen-bond donors (Lipinski definition) is 2. The van der Waals surface area contributed by atoms with Crippen molar-refractivity contribution in [3.8, 4) is 0 Å². The number of para-hydroxylation sites is 1. The highest BCUT2D eigenvalue weighted by Gasteiger charge is 2.17. The minimum Gasteiger partial charge on any atom is -0.459 e. The number of halogens is 1. The minimum absolute atomic E-state index is 0.231. The zero-order chi connectivity index (χ0) is 14.8. The van der Waals surface area contributed by atoms with E-state index in [-0.39, 0.29) is 11.9 Å². The number of hydrazine groups is 1. The van der Waals surface area contributed by atoms with E-state index in [1.807, 2.05) is 37.3 Å². The van der Waals surface area contributed by atoms with Gasteiger partial charge in [0.05, 0.1) is 6.04 Å². The SMILES string of the molecule is Cc1cccc2cc(C(Cc3ccccc3F)NN)oc12. The summed E-state index contributed by atoms with van der Waals surface area (Å²) in [5.41, 5.74) is 5.24. The Morgan fingerprint density at radius 1 is 1.19 bits per heavy atom. The number of aryl methyl sites for hydroxylation is 1. The summed E-state index contributed by atoms with van der Waals surface area (Å²) in [6.07, 6.45) is 0.433. The third-order valence-electron chi connectivity index (χ3n) is 3.69. The van der Waals surface area contributed by atoms with Gasteiger partial charge in [0.2, 0.25) is 0 Å². The van der Waals surface area contributed by atoms with Gasteiger partial charge < -0.3 is 4.42 Å². The lowest BCUT2D eigenvalue weighted by Crippen LogP contribution is -2.29. The average Bonchev–Trinajstić information content (AvgIpc) is 2.92. The van der Waals surface area contributed by atoms with Crippen LogP contribution in [0.25, 0.3) is 11.0 Å². The standard InChI is InChI=1S/C17H17FN2O/c1-11-5-4-7-13-10-16(21-17(11)13)15(20-19)9-12-6-2-3-8-14(12)18/h2-8,10,15,20H,9,19H2,1H3. The second-order valence-corrected chi connectivity index (χ2v) is 5.16. The molecule has 108 valence electrons. The van der Waals surface area contributed by atoms with Crippen molar-refractivity contribution in [2.75, 3.05) is 0 Å². The molecule has 0 radical (unpaired) electrons. The Labute approximate surface area is 122 Å². The van der Waals surface area contributed by atoms with Crippen LogP contribution in [0.2, 0.25) is 0 Å². The van der Waals surface area contributed by atoms with Gasteiger partial charge in [-0.2, -0.15) is 0 Å². The molecule has 21 heavy (non-hydrogen) atoms. The highest BCUT2D eigenvalue weighted by molar-refractivity contribution is 5.81. The first-order valence-corrected chi connectivity index (χ1v) is 6.87. The van der Waals surface area contributed by atoms with Crippen molar-refractivity contribution in [1.29, 1.82) is 0 Å². The van der Waals surface area contributed by atoms with Crippen LogP contribution in [0.3, 0.4) is 0 Å². The molecule has 0 aliphatic heterocycles. The molecule has 0 saturated heterocycles. The summed E-state index contributed by atoms with van der Waals surface area (Å²) in [6.45, 7) is 2.00. The number of nitrogens with one attached hydrogen (secondary N) is 1. The molecule has 0 aliphatic carbocycles. The van der Waals surface area contributed by atoms with Crippen LogP contribution in [0, 0.1) is 12.7 Å². The number of furan rings is 1. The summed E-state index contributed by atoms with van der Waals surface area (Å²) in [6, 6.07) is 14.4. The van der Waals surface area contributed by atoms with E-state index in [9.17, 15) is 4.39 Å². The van der Waals surface area contributed by atoms with Crippen molar-refractivity contribution < 1.29 is 8.81 Å². The largest absolute Gasteiger partial charge is 0.459 e. The molecular formula is C17H17FN2O. The minimum atomic E-state index is -0.270. The fraction of sp³-hybridized carbons (Fsp3) is 0.176. The molecule has 1 unspecified atom stereocenters. The molecule has 0 amide bonds. The van der Waals surface area contributed by atoms with Gasteiger partial charge >= 0.3 is 0 Å². The zero-order valence-electron chi connectivity index (χ0n) is 11.8. The highest BCUT2D eigenvalue weighted by Crippen LogP contribution is 2.28. The Bertz CT molecular complexity index is 766. The molecule has 1 aromatic heterocycles. The van der Waals surface area contributed by atoms with E-state index < -0.39 is 0 Å². The van der Waals surface area contributed by atoms with Crippen LogP contribution in [0.15, 0.2) is 52.9 Å². The summed E-state index contributed by atoms with van der Waals surface area (Å²) in [7, 11) is 0. The maximum atomic E-state index is 13.8. The molecule has 2 aromatic carbocycles. The van der Waals surface area contributed by atoms with Crippen LogP contribution >= 0.6 is 0 Å². The van der Waals surface area contributed by atoms with Crippen LogP contribution < -0.4 is 11.3 Å². The number of fused-ring (bicyclic) bond motifs is 1. The van der Waals surface area contributed by atoms with Gasteiger partial charge in [-0.1, -0.05) is 36.4 Å². The monoisotopic (exact) mass is 284 g/mol. The van der Waals surface area contributed by atoms with Crippen molar-refractivity contribution in [2.24, 2.45) is 5.84 Å². The Kier molecular flexibility index (Phi) is 3.73. The molecular weight excluding hydrogens is 267 g/mol. The first kappa shape index (κ1) is 13.8. The van der Waals surface area contributed by atoms with Crippen molar-refractivity contribution in [1.82, 2.24) is 5.43 Å². The second-order valence-electron chi connectivity index (χ2n) is 5.16. The lowest BCUT2D eigenvalue weighted by molar-refractivity contribution is 0.429. The molecule has 0 saturated carbocycles. The molecule has 1 heterocycles. The Balaban J connectivity index is 1.95. The predicted molar refractivity (Wildman–Crippen MR) is 81.1 cm³/mol. The third-order valence-corrected chi connectivity index (χ3v) is 3.69. The fourth-order valence-corrected chi connectivity index (χ4v) is 2.53. The van der Waals surface area contributed by atoms with Gasteiger partial charge in [-0.15, -0.1) is 0 Å². The molecule has 0 fully saturated rings. The van der Waals surface area contributed by atoms with E-state index in [4.69, 9.17) is 10.3 Å². The van der Waals surface area contributed by atoms with Crippen molar-refractivity contribution in [3.05, 3.63) is 71.2 Å². The summed E-state index contributed by atoms with van der Waals surface area (Å²) in [5.74, 6) is 6.11. The van der Waals surface area contributed by atoms with Gasteiger partial charge in [0.15, 0.2) is 0 Å². The summed E-state index contributed by atoms with van der Waals surface area (Å²) in [4.78, 5) is 0. The van der Waals surface area contributed by atoms with Crippen LogP contribution in [0.4, 0.5) is 4.39 Å². The van der Waals surface area contributed by atoms with Crippen molar-refractivity contribution in [2.45, 2.75) is 19.4 Å². The molecule has 3 nitrogen and oxygen atoms in total. The first-order chi connectivity index (χ1) is 10.2. The van der Waals surface area contributed by atoms with Crippen molar-refractivity contribution >= 4 is 11.0 Å². The smallest absolute Gasteiger partial charge is 0.137 e. The first-order valence-electron chi connectivity index (χ1n) is 6.87. The average molecular weight is 284 g/mol. The van der Waals surface area contributed by atoms with Gasteiger partial charge in [-0.3, -0.25) is 5.84 Å². The fourth-order valence-electron chi connectivity index (χ4n) is 2.53.